The summed E-state index contributed by atoms with van der Waals surface area (Å²) in [6, 6.07) is 18.0. The van der Waals surface area contributed by atoms with Crippen LogP contribution in [0.25, 0.3) is 6.08 Å². The Morgan fingerprint density at radius 3 is 2.68 bits per heavy atom. The van der Waals surface area contributed by atoms with E-state index in [1.165, 1.54) is 17.3 Å². The second-order valence-corrected chi connectivity index (χ2v) is 9.34. The van der Waals surface area contributed by atoms with Gasteiger partial charge in [0.15, 0.2) is 0 Å². The minimum atomic E-state index is -0.123. The number of allylic oxidation sites excluding steroid dienone is 2. The summed E-state index contributed by atoms with van der Waals surface area (Å²) in [5.41, 5.74) is 4.26. The summed E-state index contributed by atoms with van der Waals surface area (Å²) < 4.78 is 0.510. The minimum Gasteiger partial charge on any atom is -0.312 e. The van der Waals surface area contributed by atoms with Crippen LogP contribution in [-0.2, 0) is 16.0 Å². The number of aryl methyl sites for hydroxylation is 1. The van der Waals surface area contributed by atoms with E-state index in [-0.39, 0.29) is 18.2 Å². The summed E-state index contributed by atoms with van der Waals surface area (Å²) in [5, 5.41) is 0. The number of fused-ring (bicyclic) bond motifs is 1. The van der Waals surface area contributed by atoms with Crippen LogP contribution in [0.3, 0.4) is 0 Å². The first-order valence-corrected chi connectivity index (χ1v) is 11.6. The predicted molar refractivity (Wildman–Crippen MR) is 132 cm³/mol. The molecule has 0 N–H and O–H groups in total. The third-order valence-electron chi connectivity index (χ3n) is 5.39. The van der Waals surface area contributed by atoms with E-state index in [0.717, 1.165) is 36.2 Å². The number of rotatable bonds is 5. The van der Waals surface area contributed by atoms with Crippen LogP contribution in [0.1, 0.15) is 30.9 Å². The van der Waals surface area contributed by atoms with Gasteiger partial charge in [0.2, 0.25) is 5.91 Å². The number of carbonyl (C=O) groups excluding carboxylic acids is 2. The molecule has 158 valence electrons. The molecule has 0 radical (unpaired) electrons. The van der Waals surface area contributed by atoms with Gasteiger partial charge in [0.25, 0.3) is 5.91 Å². The van der Waals surface area contributed by atoms with Crippen LogP contribution in [0.4, 0.5) is 5.69 Å². The number of benzene rings is 2. The Labute approximate surface area is 192 Å². The Morgan fingerprint density at radius 2 is 1.87 bits per heavy atom. The average molecular weight is 449 g/mol. The minimum absolute atomic E-state index is 0.0327. The van der Waals surface area contributed by atoms with Crippen molar-refractivity contribution >= 4 is 51.9 Å². The number of carbonyl (C=O) groups is 2. The number of hydrogen-bond donors (Lipinski definition) is 0. The first-order valence-electron chi connectivity index (χ1n) is 10.4. The average Bonchev–Trinajstić information content (AvgIpc) is 3.04. The molecule has 2 aromatic rings. The van der Waals surface area contributed by atoms with Gasteiger partial charge in [-0.2, -0.15) is 0 Å². The monoisotopic (exact) mass is 448 g/mol. The van der Waals surface area contributed by atoms with Crippen LogP contribution < -0.4 is 4.90 Å². The number of amides is 2. The Kier molecular flexibility index (Phi) is 6.68. The van der Waals surface area contributed by atoms with Gasteiger partial charge in [-0.15, -0.1) is 0 Å². The summed E-state index contributed by atoms with van der Waals surface area (Å²) >= 11 is 6.73. The first-order chi connectivity index (χ1) is 15.0. The molecule has 6 heteroatoms. The molecule has 31 heavy (non-hydrogen) atoms. The predicted octanol–water partition coefficient (Wildman–Crippen LogP) is 5.20. The van der Waals surface area contributed by atoms with E-state index in [2.05, 4.69) is 6.07 Å². The van der Waals surface area contributed by atoms with Crippen molar-refractivity contribution in [3.63, 3.8) is 0 Å². The molecule has 0 aromatic heterocycles. The van der Waals surface area contributed by atoms with Crippen molar-refractivity contribution in [3.8, 4) is 0 Å². The lowest BCUT2D eigenvalue weighted by Gasteiger charge is -2.30. The molecule has 1 saturated heterocycles. The third-order valence-corrected chi connectivity index (χ3v) is 6.76. The van der Waals surface area contributed by atoms with E-state index < -0.39 is 0 Å². The highest BCUT2D eigenvalue weighted by atomic mass is 32.2. The second kappa shape index (κ2) is 9.62. The molecule has 0 bridgehead atoms. The smallest absolute Gasteiger partial charge is 0.266 e. The first kappa shape index (κ1) is 21.5. The van der Waals surface area contributed by atoms with Gasteiger partial charge in [0.1, 0.15) is 4.32 Å². The van der Waals surface area contributed by atoms with Gasteiger partial charge >= 0.3 is 0 Å². The van der Waals surface area contributed by atoms with E-state index in [0.29, 0.717) is 15.8 Å². The van der Waals surface area contributed by atoms with Gasteiger partial charge in [0.05, 0.1) is 4.91 Å². The molecule has 0 atom stereocenters. The second-order valence-electron chi connectivity index (χ2n) is 7.66. The fraction of sp³-hybridized carbons (Fsp3) is 0.240. The van der Waals surface area contributed by atoms with Crippen LogP contribution in [-0.4, -0.2) is 34.1 Å². The molecule has 4 nitrogen and oxygen atoms in total. The SMILES string of the molecule is CC(=C\c1ccccc1)/C=C1/SC(=S)N(CCC(=O)N2CCCc3ccccc32)C1=O. The number of anilines is 1. The molecule has 2 amide bonds. The molecule has 2 aliphatic heterocycles. The van der Waals surface area contributed by atoms with E-state index in [9.17, 15) is 9.59 Å². The molecule has 4 rings (SSSR count). The zero-order chi connectivity index (χ0) is 21.8. The molecular formula is C25H24N2O2S2. The summed E-state index contributed by atoms with van der Waals surface area (Å²) in [4.78, 5) is 29.8. The third kappa shape index (κ3) is 4.97. The van der Waals surface area contributed by atoms with Gasteiger partial charge in [-0.05, 0) is 48.6 Å². The fourth-order valence-corrected chi connectivity index (χ4v) is 5.25. The lowest BCUT2D eigenvalue weighted by molar-refractivity contribution is -0.123. The maximum absolute atomic E-state index is 12.9. The van der Waals surface area contributed by atoms with E-state index >= 15 is 0 Å². The maximum Gasteiger partial charge on any atom is 0.266 e. The number of para-hydroxylation sites is 1. The Bertz CT molecular complexity index is 1080. The van der Waals surface area contributed by atoms with Gasteiger partial charge in [-0.25, -0.2) is 0 Å². The molecule has 2 aromatic carbocycles. The summed E-state index contributed by atoms with van der Waals surface area (Å²) in [6.07, 6.45) is 6.11. The molecule has 0 saturated carbocycles. The lowest BCUT2D eigenvalue weighted by atomic mass is 10.0. The highest BCUT2D eigenvalue weighted by Gasteiger charge is 2.33. The fourth-order valence-electron chi connectivity index (χ4n) is 3.89. The van der Waals surface area contributed by atoms with Crippen molar-refractivity contribution < 1.29 is 9.59 Å². The quantitative estimate of drug-likeness (QED) is 0.465. The van der Waals surface area contributed by atoms with Crippen molar-refractivity contribution in [1.82, 2.24) is 4.90 Å². The molecule has 0 unspecified atom stereocenters. The zero-order valence-electron chi connectivity index (χ0n) is 17.4. The van der Waals surface area contributed by atoms with Crippen molar-refractivity contribution in [1.29, 1.82) is 0 Å². The van der Waals surface area contributed by atoms with E-state index in [1.54, 1.807) is 4.90 Å². The van der Waals surface area contributed by atoms with Crippen LogP contribution in [0.2, 0.25) is 0 Å². The van der Waals surface area contributed by atoms with Crippen LogP contribution in [0, 0.1) is 0 Å². The summed E-state index contributed by atoms with van der Waals surface area (Å²) in [5.74, 6) is -0.0898. The van der Waals surface area contributed by atoms with Crippen molar-refractivity contribution in [2.24, 2.45) is 0 Å². The van der Waals surface area contributed by atoms with Crippen molar-refractivity contribution in [2.45, 2.75) is 26.2 Å². The van der Waals surface area contributed by atoms with Crippen molar-refractivity contribution in [3.05, 3.63) is 82.3 Å². The molecular weight excluding hydrogens is 424 g/mol. The van der Waals surface area contributed by atoms with Crippen LogP contribution in [0.15, 0.2) is 71.2 Å². The molecule has 2 heterocycles. The molecule has 2 aliphatic rings. The maximum atomic E-state index is 12.9. The zero-order valence-corrected chi connectivity index (χ0v) is 19.0. The summed E-state index contributed by atoms with van der Waals surface area (Å²) in [7, 11) is 0. The lowest BCUT2D eigenvalue weighted by Crippen LogP contribution is -2.38. The highest BCUT2D eigenvalue weighted by Crippen LogP contribution is 2.33. The number of hydrogen-bond acceptors (Lipinski definition) is 4. The topological polar surface area (TPSA) is 40.6 Å². The van der Waals surface area contributed by atoms with Gasteiger partial charge < -0.3 is 4.90 Å². The van der Waals surface area contributed by atoms with Gasteiger partial charge in [-0.3, -0.25) is 14.5 Å². The number of thioether (sulfide) groups is 1. The Hall–Kier alpha value is -2.70. The van der Waals surface area contributed by atoms with Crippen LogP contribution in [0.5, 0.6) is 0 Å². The summed E-state index contributed by atoms with van der Waals surface area (Å²) in [6.45, 7) is 3.00. The standard InChI is InChI=1S/C25H24N2O2S2/c1-18(16-19-8-3-2-4-9-19)17-22-24(29)27(25(30)31-22)15-13-23(28)26-14-7-11-20-10-5-6-12-21(20)26/h2-6,8-10,12,16-17H,7,11,13-15H2,1H3/b18-16+,22-17+. The van der Waals surface area contributed by atoms with E-state index in [4.69, 9.17) is 12.2 Å². The van der Waals surface area contributed by atoms with Crippen LogP contribution >= 0.6 is 24.0 Å². The number of thiocarbonyl (C=S) groups is 1. The van der Waals surface area contributed by atoms with Gasteiger partial charge in [-0.1, -0.05) is 78.6 Å². The number of nitrogens with zero attached hydrogens (tertiary/aromatic N) is 2. The van der Waals surface area contributed by atoms with E-state index in [1.807, 2.05) is 72.5 Å². The Morgan fingerprint density at radius 1 is 1.13 bits per heavy atom. The molecule has 0 spiro atoms. The normalized spacial score (nSPS) is 18.0. The molecule has 0 aliphatic carbocycles. The molecule has 1 fully saturated rings. The van der Waals surface area contributed by atoms with Gasteiger partial charge in [0, 0.05) is 25.2 Å². The highest BCUT2D eigenvalue weighted by molar-refractivity contribution is 8.26. The largest absolute Gasteiger partial charge is 0.312 e. The Balaban J connectivity index is 1.41. The van der Waals surface area contributed by atoms with Crippen molar-refractivity contribution in [2.75, 3.05) is 18.0 Å².